The van der Waals surface area contributed by atoms with Gasteiger partial charge in [-0.25, -0.2) is 4.79 Å². The van der Waals surface area contributed by atoms with Gasteiger partial charge in [0.25, 0.3) is 5.76 Å². The normalized spacial score (nSPS) is 14.1. The fourth-order valence-electron chi connectivity index (χ4n) is 5.14. The quantitative estimate of drug-likeness (QED) is 0.206. The third-order valence-corrected chi connectivity index (χ3v) is 7.54. The molecule has 3 aromatic carbocycles. The van der Waals surface area contributed by atoms with E-state index in [1.165, 1.54) is 24.3 Å². The molecule has 232 valence electrons. The summed E-state index contributed by atoms with van der Waals surface area (Å²) in [4.78, 5) is 27.8. The molecule has 1 saturated heterocycles. The third kappa shape index (κ3) is 6.58. The highest BCUT2D eigenvalue weighted by atomic mass is 19.4. The molecule has 8 nitrogen and oxygen atoms in total. The van der Waals surface area contributed by atoms with Crippen molar-refractivity contribution < 1.29 is 46.2 Å². The van der Waals surface area contributed by atoms with E-state index in [9.17, 15) is 22.8 Å². The maximum absolute atomic E-state index is 14.5. The second kappa shape index (κ2) is 12.7. The van der Waals surface area contributed by atoms with Gasteiger partial charge in [0.15, 0.2) is 5.58 Å². The molecule has 1 aliphatic heterocycles. The van der Waals surface area contributed by atoms with E-state index in [0.717, 1.165) is 16.0 Å². The summed E-state index contributed by atoms with van der Waals surface area (Å²) >= 11 is 0. The number of halogens is 3. The molecule has 1 aromatic heterocycles. The number of quaternary nitrogens is 1. The topological polar surface area (TPSA) is 88.6 Å². The van der Waals surface area contributed by atoms with Gasteiger partial charge in [0.05, 0.1) is 36.3 Å². The number of carbonyl (C=O) groups excluding carboxylic acids is 1. The average molecular weight is 613 g/mol. The minimum atomic E-state index is -5.06. The van der Waals surface area contributed by atoms with Crippen molar-refractivity contribution in [3.8, 4) is 23.0 Å². The smallest absolute Gasteiger partial charge is 0.453 e. The number of morpholine rings is 1. The number of fused-ring (bicyclic) bond motifs is 1. The van der Waals surface area contributed by atoms with Gasteiger partial charge >= 0.3 is 12.1 Å². The molecule has 0 radical (unpaired) electrons. The maximum atomic E-state index is 14.5. The number of hydrogen-bond acceptors (Lipinski definition) is 7. The molecule has 11 heteroatoms. The Labute approximate surface area is 251 Å². The fourth-order valence-corrected chi connectivity index (χ4v) is 5.14. The van der Waals surface area contributed by atoms with E-state index in [1.807, 2.05) is 13.0 Å². The lowest BCUT2D eigenvalue weighted by Crippen LogP contribution is -3.12. The summed E-state index contributed by atoms with van der Waals surface area (Å²) in [5, 5.41) is -0.126. The second-order valence-electron chi connectivity index (χ2n) is 10.7. The Balaban J connectivity index is 1.64. The summed E-state index contributed by atoms with van der Waals surface area (Å²) in [6, 6.07) is 12.4. The van der Waals surface area contributed by atoms with Gasteiger partial charge in [-0.1, -0.05) is 6.07 Å². The highest BCUT2D eigenvalue weighted by molar-refractivity contribution is 5.92. The first-order chi connectivity index (χ1) is 21.0. The molecule has 0 saturated carbocycles. The molecule has 0 aliphatic carbocycles. The number of esters is 1. The first-order valence-corrected chi connectivity index (χ1v) is 14.3. The van der Waals surface area contributed by atoms with Crippen LogP contribution in [0.2, 0.25) is 0 Å². The number of hydrogen-bond donors (Lipinski definition) is 1. The Bertz CT molecular complexity index is 1740. The zero-order valence-electron chi connectivity index (χ0n) is 24.9. The van der Waals surface area contributed by atoms with Crippen molar-refractivity contribution >= 4 is 16.9 Å². The molecule has 2 heterocycles. The second-order valence-corrected chi connectivity index (χ2v) is 10.7. The summed E-state index contributed by atoms with van der Waals surface area (Å²) in [6.45, 7) is 9.73. The van der Waals surface area contributed by atoms with E-state index < -0.39 is 29.1 Å². The highest BCUT2D eigenvalue weighted by Gasteiger charge is 2.41. The van der Waals surface area contributed by atoms with Crippen LogP contribution < -0.4 is 24.5 Å². The zero-order chi connectivity index (χ0) is 31.6. The summed E-state index contributed by atoms with van der Waals surface area (Å²) in [5.41, 5.74) is 1.22. The number of ether oxygens (including phenoxy) is 4. The summed E-state index contributed by atoms with van der Waals surface area (Å²) < 4.78 is 71.3. The van der Waals surface area contributed by atoms with Gasteiger partial charge in [0.1, 0.15) is 36.9 Å². The predicted octanol–water partition coefficient (Wildman–Crippen LogP) is 5.56. The van der Waals surface area contributed by atoms with Crippen LogP contribution in [0.5, 0.6) is 23.0 Å². The Morgan fingerprint density at radius 3 is 2.34 bits per heavy atom. The molecular formula is C33H33F3NO7+. The van der Waals surface area contributed by atoms with Crippen LogP contribution in [0.3, 0.4) is 0 Å². The van der Waals surface area contributed by atoms with Crippen molar-refractivity contribution in [2.24, 2.45) is 0 Å². The molecule has 0 amide bonds. The van der Waals surface area contributed by atoms with E-state index in [-0.39, 0.29) is 40.1 Å². The van der Waals surface area contributed by atoms with Crippen molar-refractivity contribution in [2.45, 2.75) is 40.4 Å². The molecule has 0 spiro atoms. The average Bonchev–Trinajstić information content (AvgIpc) is 2.98. The summed E-state index contributed by atoms with van der Waals surface area (Å²) in [6.07, 6.45) is -5.06. The van der Waals surface area contributed by atoms with Crippen LogP contribution in [0.1, 0.15) is 45.3 Å². The van der Waals surface area contributed by atoms with Gasteiger partial charge < -0.3 is 28.3 Å². The molecule has 1 fully saturated rings. The minimum Gasteiger partial charge on any atom is -0.494 e. The molecule has 44 heavy (non-hydrogen) atoms. The first kappa shape index (κ1) is 31.1. The predicted molar refractivity (Wildman–Crippen MR) is 156 cm³/mol. The molecule has 1 aliphatic rings. The van der Waals surface area contributed by atoms with E-state index in [2.05, 4.69) is 0 Å². The Hall–Kier alpha value is -4.35. The van der Waals surface area contributed by atoms with Crippen molar-refractivity contribution in [2.75, 3.05) is 32.9 Å². The van der Waals surface area contributed by atoms with Crippen LogP contribution in [0.4, 0.5) is 13.2 Å². The maximum Gasteiger partial charge on any atom is 0.453 e. The molecule has 0 atom stereocenters. The van der Waals surface area contributed by atoms with Crippen LogP contribution in [-0.2, 0) is 17.5 Å². The number of rotatable bonds is 8. The van der Waals surface area contributed by atoms with Gasteiger partial charge in [0.2, 0.25) is 11.2 Å². The molecule has 0 bridgehead atoms. The van der Waals surface area contributed by atoms with Crippen LogP contribution in [0.25, 0.3) is 11.0 Å². The van der Waals surface area contributed by atoms with E-state index >= 15 is 0 Å². The van der Waals surface area contributed by atoms with Crippen molar-refractivity contribution in [1.29, 1.82) is 0 Å². The zero-order valence-corrected chi connectivity index (χ0v) is 24.9. The van der Waals surface area contributed by atoms with Gasteiger partial charge in [-0.2, -0.15) is 13.2 Å². The van der Waals surface area contributed by atoms with Crippen LogP contribution in [0.15, 0.2) is 57.7 Å². The van der Waals surface area contributed by atoms with E-state index in [1.54, 1.807) is 39.0 Å². The Morgan fingerprint density at radius 2 is 1.68 bits per heavy atom. The third-order valence-electron chi connectivity index (χ3n) is 7.54. The molecular weight excluding hydrogens is 579 g/mol. The molecule has 1 N–H and O–H groups in total. The standard InChI is InChI=1S/C33H32F3NO7/c1-5-41-23-8-6-22(7-9-23)32(39)43-26-11-10-24-28(38)30(42-27-17-19(2)16-20(3)21(27)4)31(33(34,35)36)44-29(24)25(26)18-37-12-14-40-15-13-37/h6-11,16-17H,5,12-15,18H2,1-4H3/p+1. The lowest BCUT2D eigenvalue weighted by atomic mass is 10.1. The van der Waals surface area contributed by atoms with Crippen molar-refractivity contribution in [3.05, 3.63) is 92.3 Å². The van der Waals surface area contributed by atoms with Gasteiger partial charge in [-0.3, -0.25) is 4.79 Å². The Kier molecular flexibility index (Phi) is 8.98. The van der Waals surface area contributed by atoms with Crippen molar-refractivity contribution in [3.63, 3.8) is 0 Å². The highest BCUT2D eigenvalue weighted by Crippen LogP contribution is 2.41. The van der Waals surface area contributed by atoms with Crippen LogP contribution in [-0.4, -0.2) is 38.9 Å². The lowest BCUT2D eigenvalue weighted by molar-refractivity contribution is -0.921. The monoisotopic (exact) mass is 612 g/mol. The van der Waals surface area contributed by atoms with Gasteiger partial charge in [-0.05, 0) is 86.8 Å². The number of aryl methyl sites for hydroxylation is 2. The van der Waals surface area contributed by atoms with Gasteiger partial charge in [-0.15, -0.1) is 0 Å². The molecule has 5 rings (SSSR count). The summed E-state index contributed by atoms with van der Waals surface area (Å²) in [5.74, 6) is -2.57. The summed E-state index contributed by atoms with van der Waals surface area (Å²) in [7, 11) is 0. The van der Waals surface area contributed by atoms with Gasteiger partial charge in [0, 0.05) is 0 Å². The van der Waals surface area contributed by atoms with Crippen LogP contribution >= 0.6 is 0 Å². The number of alkyl halides is 3. The number of carbonyl (C=O) groups is 1. The number of nitrogens with one attached hydrogen (secondary N) is 1. The molecule has 4 aromatic rings. The van der Waals surface area contributed by atoms with E-state index in [0.29, 0.717) is 44.2 Å². The molecule has 0 unspecified atom stereocenters. The minimum absolute atomic E-state index is 0.00882. The SMILES string of the molecule is CCOc1ccc(C(=O)Oc2ccc3c(=O)c(Oc4cc(C)cc(C)c4C)c(C(F)(F)F)oc3c2C[NH+]2CCOCC2)cc1. The largest absolute Gasteiger partial charge is 0.494 e. The van der Waals surface area contributed by atoms with E-state index in [4.69, 9.17) is 23.4 Å². The number of benzene rings is 3. The Morgan fingerprint density at radius 1 is 0.977 bits per heavy atom. The van der Waals surface area contributed by atoms with Crippen molar-refractivity contribution in [1.82, 2.24) is 0 Å². The lowest BCUT2D eigenvalue weighted by Gasteiger charge is -2.25. The first-order valence-electron chi connectivity index (χ1n) is 14.3. The van der Waals surface area contributed by atoms with Crippen LogP contribution in [0, 0.1) is 20.8 Å². The fraction of sp³-hybridized carbons (Fsp3) is 0.333.